The second-order valence-electron chi connectivity index (χ2n) is 6.75. The third-order valence-electron chi connectivity index (χ3n) is 4.28. The van der Waals surface area contributed by atoms with Crippen LogP contribution in [0.15, 0.2) is 54.7 Å². The molecule has 0 aliphatic rings. The number of benzene rings is 2. The maximum Gasteiger partial charge on any atom is 0.421 e. The van der Waals surface area contributed by atoms with E-state index in [0.717, 1.165) is 5.56 Å². The highest BCUT2D eigenvalue weighted by Crippen LogP contribution is 2.37. The Kier molecular flexibility index (Phi) is 5.86. The number of hydrogen-bond donors (Lipinski definition) is 2. The molecule has 3 aromatic rings. The number of nitrogens with zero attached hydrogens (tertiary/aromatic N) is 3. The van der Waals surface area contributed by atoms with Crippen molar-refractivity contribution >= 4 is 28.8 Å². The van der Waals surface area contributed by atoms with Gasteiger partial charge in [0.25, 0.3) is 5.69 Å². The minimum atomic E-state index is -4.75. The van der Waals surface area contributed by atoms with Crippen molar-refractivity contribution in [2.45, 2.75) is 25.9 Å². The SMILES string of the molecule is CC(C)c1ccc(Nc2ncc(C(F)(F)F)c(Nc3ccccc3[N+](=O)[O-])n2)cc1. The summed E-state index contributed by atoms with van der Waals surface area (Å²) < 4.78 is 40.2. The van der Waals surface area contributed by atoms with Crippen LogP contribution in [-0.2, 0) is 6.18 Å². The number of nitrogens with one attached hydrogen (secondary N) is 2. The number of anilines is 4. The van der Waals surface area contributed by atoms with E-state index in [1.54, 1.807) is 12.1 Å². The summed E-state index contributed by atoms with van der Waals surface area (Å²) in [5.41, 5.74) is 0.0757. The van der Waals surface area contributed by atoms with Crippen LogP contribution in [0.3, 0.4) is 0 Å². The van der Waals surface area contributed by atoms with Gasteiger partial charge in [0.1, 0.15) is 17.1 Å². The highest BCUT2D eigenvalue weighted by Gasteiger charge is 2.36. The van der Waals surface area contributed by atoms with E-state index in [4.69, 9.17) is 0 Å². The third-order valence-corrected chi connectivity index (χ3v) is 4.28. The first-order valence-electron chi connectivity index (χ1n) is 8.97. The second kappa shape index (κ2) is 8.36. The minimum Gasteiger partial charge on any atom is -0.334 e. The first kappa shape index (κ1) is 21.0. The number of rotatable bonds is 6. The van der Waals surface area contributed by atoms with Crippen molar-refractivity contribution < 1.29 is 18.1 Å². The van der Waals surface area contributed by atoms with Crippen molar-refractivity contribution in [2.75, 3.05) is 10.6 Å². The van der Waals surface area contributed by atoms with E-state index in [1.165, 1.54) is 24.3 Å². The van der Waals surface area contributed by atoms with E-state index >= 15 is 0 Å². The Balaban J connectivity index is 1.96. The van der Waals surface area contributed by atoms with Gasteiger partial charge >= 0.3 is 6.18 Å². The Labute approximate surface area is 170 Å². The number of alkyl halides is 3. The molecule has 0 bridgehead atoms. The van der Waals surface area contributed by atoms with Crippen LogP contribution in [0.25, 0.3) is 0 Å². The van der Waals surface area contributed by atoms with Crippen molar-refractivity contribution in [1.29, 1.82) is 0 Å². The highest BCUT2D eigenvalue weighted by atomic mass is 19.4. The maximum absolute atomic E-state index is 13.4. The van der Waals surface area contributed by atoms with Crippen LogP contribution in [0.1, 0.15) is 30.9 Å². The second-order valence-corrected chi connectivity index (χ2v) is 6.75. The standard InChI is InChI=1S/C20H18F3N5O2/c1-12(2)13-7-9-14(10-8-13)25-19-24-11-15(20(21,22)23)18(27-19)26-16-5-3-4-6-17(16)28(29)30/h3-12H,1-2H3,(H2,24,25,26,27). The molecule has 0 radical (unpaired) electrons. The lowest BCUT2D eigenvalue weighted by Crippen LogP contribution is -2.13. The largest absolute Gasteiger partial charge is 0.421 e. The summed E-state index contributed by atoms with van der Waals surface area (Å²) in [7, 11) is 0. The molecular formula is C20H18F3N5O2. The van der Waals surface area contributed by atoms with Crippen LogP contribution in [0, 0.1) is 10.1 Å². The molecular weight excluding hydrogens is 399 g/mol. The summed E-state index contributed by atoms with van der Waals surface area (Å²) in [6.07, 6.45) is -4.11. The first-order valence-corrected chi connectivity index (χ1v) is 8.97. The van der Waals surface area contributed by atoms with Crippen LogP contribution in [-0.4, -0.2) is 14.9 Å². The fraction of sp³-hybridized carbons (Fsp3) is 0.200. The highest BCUT2D eigenvalue weighted by molar-refractivity contribution is 5.70. The van der Waals surface area contributed by atoms with Crippen molar-refractivity contribution in [2.24, 2.45) is 0 Å². The predicted molar refractivity (Wildman–Crippen MR) is 107 cm³/mol. The normalized spacial score (nSPS) is 11.4. The summed E-state index contributed by atoms with van der Waals surface area (Å²) in [6, 6.07) is 12.7. The summed E-state index contributed by atoms with van der Waals surface area (Å²) in [6.45, 7) is 4.09. The quantitative estimate of drug-likeness (QED) is 0.377. The number of halogens is 3. The fourth-order valence-corrected chi connectivity index (χ4v) is 2.69. The summed E-state index contributed by atoms with van der Waals surface area (Å²) in [5.74, 6) is -0.340. The molecule has 2 N–H and O–H groups in total. The molecule has 0 unspecified atom stereocenters. The number of nitro benzene ring substituents is 1. The van der Waals surface area contributed by atoms with Crippen LogP contribution in [0.4, 0.5) is 42.0 Å². The first-order chi connectivity index (χ1) is 14.1. The molecule has 0 fully saturated rings. The zero-order chi connectivity index (χ0) is 21.9. The van der Waals surface area contributed by atoms with Crippen molar-refractivity contribution in [3.8, 4) is 0 Å². The van der Waals surface area contributed by atoms with E-state index in [-0.39, 0.29) is 17.3 Å². The molecule has 0 spiro atoms. The van der Waals surface area contributed by atoms with Gasteiger partial charge in [0.2, 0.25) is 5.95 Å². The molecule has 0 aliphatic carbocycles. The fourth-order valence-electron chi connectivity index (χ4n) is 2.69. The van der Waals surface area contributed by atoms with Crippen LogP contribution in [0.5, 0.6) is 0 Å². The lowest BCUT2D eigenvalue weighted by atomic mass is 10.0. The molecule has 0 atom stereocenters. The molecule has 3 rings (SSSR count). The number of para-hydroxylation sites is 2. The van der Waals surface area contributed by atoms with E-state index in [2.05, 4.69) is 20.6 Å². The van der Waals surface area contributed by atoms with E-state index in [9.17, 15) is 23.3 Å². The molecule has 10 heteroatoms. The molecule has 0 saturated heterocycles. The Morgan fingerprint density at radius 2 is 1.70 bits per heavy atom. The predicted octanol–water partition coefficient (Wildman–Crippen LogP) is 6.01. The zero-order valence-electron chi connectivity index (χ0n) is 16.1. The van der Waals surface area contributed by atoms with Gasteiger partial charge in [0.15, 0.2) is 0 Å². The monoisotopic (exact) mass is 417 g/mol. The molecule has 0 saturated carbocycles. The smallest absolute Gasteiger partial charge is 0.334 e. The molecule has 7 nitrogen and oxygen atoms in total. The summed E-state index contributed by atoms with van der Waals surface area (Å²) >= 11 is 0. The van der Waals surface area contributed by atoms with Gasteiger partial charge in [-0.15, -0.1) is 0 Å². The average molecular weight is 417 g/mol. The van der Waals surface area contributed by atoms with Gasteiger partial charge in [0.05, 0.1) is 4.92 Å². The lowest BCUT2D eigenvalue weighted by molar-refractivity contribution is -0.383. The summed E-state index contributed by atoms with van der Waals surface area (Å²) in [5, 5.41) is 16.5. The lowest BCUT2D eigenvalue weighted by Gasteiger charge is -2.15. The van der Waals surface area contributed by atoms with Crippen LogP contribution in [0.2, 0.25) is 0 Å². The Bertz CT molecular complexity index is 1050. The number of hydrogen-bond acceptors (Lipinski definition) is 6. The van der Waals surface area contributed by atoms with Gasteiger partial charge in [0, 0.05) is 18.0 Å². The van der Waals surface area contributed by atoms with Crippen LogP contribution >= 0.6 is 0 Å². The Morgan fingerprint density at radius 1 is 1.03 bits per heavy atom. The maximum atomic E-state index is 13.4. The van der Waals surface area contributed by atoms with Gasteiger partial charge in [-0.25, -0.2) is 4.98 Å². The van der Waals surface area contributed by atoms with E-state index in [0.29, 0.717) is 17.8 Å². The third kappa shape index (κ3) is 4.83. The molecule has 0 aliphatic heterocycles. The molecule has 2 aromatic carbocycles. The van der Waals surface area contributed by atoms with Crippen molar-refractivity contribution in [3.63, 3.8) is 0 Å². The van der Waals surface area contributed by atoms with Crippen molar-refractivity contribution in [3.05, 3.63) is 76.0 Å². The Morgan fingerprint density at radius 3 is 2.30 bits per heavy atom. The average Bonchev–Trinajstić information content (AvgIpc) is 2.68. The topological polar surface area (TPSA) is 93.0 Å². The van der Waals surface area contributed by atoms with Gasteiger partial charge in [-0.05, 0) is 29.7 Å². The van der Waals surface area contributed by atoms with Gasteiger partial charge < -0.3 is 10.6 Å². The molecule has 1 heterocycles. The van der Waals surface area contributed by atoms with Gasteiger partial charge in [-0.2, -0.15) is 18.2 Å². The van der Waals surface area contributed by atoms with Gasteiger partial charge in [-0.1, -0.05) is 38.1 Å². The summed E-state index contributed by atoms with van der Waals surface area (Å²) in [4.78, 5) is 18.1. The Hall–Kier alpha value is -3.69. The molecule has 1 aromatic heterocycles. The van der Waals surface area contributed by atoms with Gasteiger partial charge in [-0.3, -0.25) is 10.1 Å². The number of nitro groups is 1. The van der Waals surface area contributed by atoms with E-state index < -0.39 is 22.5 Å². The number of aromatic nitrogens is 2. The minimum absolute atomic E-state index is 0.0821. The van der Waals surface area contributed by atoms with E-state index in [1.807, 2.05) is 26.0 Å². The van der Waals surface area contributed by atoms with Crippen LogP contribution < -0.4 is 10.6 Å². The molecule has 30 heavy (non-hydrogen) atoms. The van der Waals surface area contributed by atoms with Crippen molar-refractivity contribution in [1.82, 2.24) is 9.97 Å². The zero-order valence-corrected chi connectivity index (χ0v) is 16.1. The molecule has 0 amide bonds. The molecule has 156 valence electrons.